The number of amides is 1. The number of nitrogens with zero attached hydrogens (tertiary/aromatic N) is 3. The summed E-state index contributed by atoms with van der Waals surface area (Å²) in [6.45, 7) is 4.88. The molecule has 1 fully saturated rings. The van der Waals surface area contributed by atoms with Gasteiger partial charge in [0.15, 0.2) is 5.69 Å². The van der Waals surface area contributed by atoms with Gasteiger partial charge in [-0.2, -0.15) is 4.68 Å². The molecule has 0 aliphatic carbocycles. The Bertz CT molecular complexity index is 506. The molecular formula is C12H18N4O4. The van der Waals surface area contributed by atoms with E-state index in [2.05, 4.69) is 10.4 Å². The molecule has 1 saturated heterocycles. The lowest BCUT2D eigenvalue weighted by molar-refractivity contribution is -0.389. The third kappa shape index (κ3) is 3.13. The fraction of sp³-hybridized carbons (Fsp3) is 0.667. The maximum atomic E-state index is 12.2. The number of ether oxygens (including phenoxy) is 1. The average molecular weight is 282 g/mol. The first-order valence-electron chi connectivity index (χ1n) is 6.61. The van der Waals surface area contributed by atoms with Gasteiger partial charge in [-0.05, 0) is 31.6 Å². The second-order valence-electron chi connectivity index (χ2n) is 5.04. The summed E-state index contributed by atoms with van der Waals surface area (Å²) in [6.07, 6.45) is 1.51. The minimum Gasteiger partial charge on any atom is -0.381 e. The van der Waals surface area contributed by atoms with Gasteiger partial charge in [0.1, 0.15) is 0 Å². The van der Waals surface area contributed by atoms with E-state index in [4.69, 9.17) is 4.74 Å². The van der Waals surface area contributed by atoms with Crippen molar-refractivity contribution in [3.8, 4) is 0 Å². The van der Waals surface area contributed by atoms with Crippen LogP contribution in [-0.4, -0.2) is 39.9 Å². The van der Waals surface area contributed by atoms with Gasteiger partial charge < -0.3 is 20.2 Å². The molecule has 0 aromatic carbocycles. The molecule has 1 aliphatic rings. The van der Waals surface area contributed by atoms with Crippen molar-refractivity contribution in [2.45, 2.75) is 38.8 Å². The summed E-state index contributed by atoms with van der Waals surface area (Å²) < 4.78 is 6.61. The molecule has 1 aliphatic heterocycles. The van der Waals surface area contributed by atoms with Crippen LogP contribution < -0.4 is 5.32 Å². The first-order chi connectivity index (χ1) is 9.49. The van der Waals surface area contributed by atoms with Gasteiger partial charge in [-0.1, -0.05) is 0 Å². The van der Waals surface area contributed by atoms with E-state index >= 15 is 0 Å². The first kappa shape index (κ1) is 14.4. The number of hydrogen-bond acceptors (Lipinski definition) is 5. The van der Waals surface area contributed by atoms with Gasteiger partial charge in [-0.3, -0.25) is 4.79 Å². The van der Waals surface area contributed by atoms with E-state index in [-0.39, 0.29) is 29.5 Å². The number of rotatable bonds is 4. The molecule has 2 rings (SSSR count). The second-order valence-corrected chi connectivity index (χ2v) is 5.04. The van der Waals surface area contributed by atoms with Crippen molar-refractivity contribution >= 4 is 11.7 Å². The van der Waals surface area contributed by atoms with Crippen LogP contribution in [0, 0.1) is 10.1 Å². The quantitative estimate of drug-likeness (QED) is 0.662. The zero-order valence-electron chi connectivity index (χ0n) is 11.5. The predicted octanol–water partition coefficient (Wildman–Crippen LogP) is 1.28. The van der Waals surface area contributed by atoms with Gasteiger partial charge >= 0.3 is 5.82 Å². The third-order valence-electron chi connectivity index (χ3n) is 3.19. The van der Waals surface area contributed by atoms with Gasteiger partial charge in [0.2, 0.25) is 0 Å². The van der Waals surface area contributed by atoms with Crippen molar-refractivity contribution in [2.24, 2.45) is 0 Å². The lowest BCUT2D eigenvalue weighted by atomic mass is 10.1. The van der Waals surface area contributed by atoms with E-state index in [9.17, 15) is 14.9 Å². The fourth-order valence-electron chi connectivity index (χ4n) is 2.14. The number of hydrogen-bond donors (Lipinski definition) is 1. The summed E-state index contributed by atoms with van der Waals surface area (Å²) in [6, 6.07) is 1.14. The van der Waals surface area contributed by atoms with Crippen LogP contribution in [-0.2, 0) is 4.74 Å². The highest BCUT2D eigenvalue weighted by Crippen LogP contribution is 2.17. The number of nitrogens with one attached hydrogen (secondary N) is 1. The van der Waals surface area contributed by atoms with Crippen LogP contribution in [0.1, 0.15) is 43.2 Å². The Morgan fingerprint density at radius 3 is 2.75 bits per heavy atom. The van der Waals surface area contributed by atoms with Gasteiger partial charge in [0.25, 0.3) is 5.91 Å². The minimum atomic E-state index is -0.593. The largest absolute Gasteiger partial charge is 0.390 e. The van der Waals surface area contributed by atoms with Crippen LogP contribution in [0.15, 0.2) is 6.07 Å². The summed E-state index contributed by atoms with van der Waals surface area (Å²) in [4.78, 5) is 22.4. The Balaban J connectivity index is 2.17. The molecule has 2 heterocycles. The van der Waals surface area contributed by atoms with E-state index < -0.39 is 4.92 Å². The summed E-state index contributed by atoms with van der Waals surface area (Å²) in [5.41, 5.74) is 0.221. The van der Waals surface area contributed by atoms with E-state index in [0.29, 0.717) is 13.2 Å². The number of carbonyl (C=O) groups is 1. The zero-order valence-corrected chi connectivity index (χ0v) is 11.5. The molecule has 8 heteroatoms. The molecule has 20 heavy (non-hydrogen) atoms. The monoisotopic (exact) mass is 282 g/mol. The topological polar surface area (TPSA) is 99.3 Å². The van der Waals surface area contributed by atoms with Crippen LogP contribution in [0.3, 0.4) is 0 Å². The maximum absolute atomic E-state index is 12.2. The molecule has 0 bridgehead atoms. The SMILES string of the molecule is CC(C)n1nc([N+](=O)[O-])cc1C(=O)NC1CCOCC1. The molecule has 8 nitrogen and oxygen atoms in total. The molecule has 0 atom stereocenters. The lowest BCUT2D eigenvalue weighted by Crippen LogP contribution is -2.39. The molecular weight excluding hydrogens is 264 g/mol. The molecule has 0 radical (unpaired) electrons. The van der Waals surface area contributed by atoms with Gasteiger partial charge in [-0.25, -0.2) is 0 Å². The van der Waals surface area contributed by atoms with Crippen molar-refractivity contribution < 1.29 is 14.5 Å². The van der Waals surface area contributed by atoms with Crippen molar-refractivity contribution in [2.75, 3.05) is 13.2 Å². The van der Waals surface area contributed by atoms with E-state index in [0.717, 1.165) is 12.8 Å². The molecule has 0 saturated carbocycles. The molecule has 1 aromatic heterocycles. The predicted molar refractivity (Wildman–Crippen MR) is 70.6 cm³/mol. The van der Waals surface area contributed by atoms with Crippen LogP contribution >= 0.6 is 0 Å². The summed E-state index contributed by atoms with van der Waals surface area (Å²) in [5.74, 6) is -0.637. The van der Waals surface area contributed by atoms with Gasteiger partial charge in [0.05, 0.1) is 17.2 Å². The highest BCUT2D eigenvalue weighted by molar-refractivity contribution is 5.93. The molecule has 1 aromatic rings. The molecule has 0 spiro atoms. The minimum absolute atomic E-state index is 0.0471. The summed E-state index contributed by atoms with van der Waals surface area (Å²) in [7, 11) is 0. The highest BCUT2D eigenvalue weighted by Gasteiger charge is 2.26. The van der Waals surface area contributed by atoms with Crippen molar-refractivity contribution in [3.63, 3.8) is 0 Å². The number of nitro groups is 1. The number of carbonyl (C=O) groups excluding carboxylic acids is 1. The van der Waals surface area contributed by atoms with E-state index in [1.165, 1.54) is 10.7 Å². The van der Waals surface area contributed by atoms with Crippen LogP contribution in [0.4, 0.5) is 5.82 Å². The maximum Gasteiger partial charge on any atom is 0.390 e. The smallest absolute Gasteiger partial charge is 0.381 e. The van der Waals surface area contributed by atoms with E-state index in [1.54, 1.807) is 0 Å². The Labute approximate surface area is 116 Å². The van der Waals surface area contributed by atoms with Crippen LogP contribution in [0.25, 0.3) is 0 Å². The Morgan fingerprint density at radius 1 is 1.55 bits per heavy atom. The second kappa shape index (κ2) is 6.00. The Hall–Kier alpha value is -1.96. The van der Waals surface area contributed by atoms with Gasteiger partial charge in [-0.15, -0.1) is 0 Å². The highest BCUT2D eigenvalue weighted by atomic mass is 16.6. The Morgan fingerprint density at radius 2 is 2.20 bits per heavy atom. The molecule has 1 amide bonds. The zero-order chi connectivity index (χ0) is 14.7. The molecule has 1 N–H and O–H groups in total. The standard InChI is InChI=1S/C12H18N4O4/c1-8(2)15-10(7-11(14-15)16(18)19)12(17)13-9-3-5-20-6-4-9/h7-9H,3-6H2,1-2H3,(H,13,17). The third-order valence-corrected chi connectivity index (χ3v) is 3.19. The van der Waals surface area contributed by atoms with Crippen molar-refractivity contribution in [3.05, 3.63) is 21.9 Å². The molecule has 110 valence electrons. The lowest BCUT2D eigenvalue weighted by Gasteiger charge is -2.23. The summed E-state index contributed by atoms with van der Waals surface area (Å²) >= 11 is 0. The number of aromatic nitrogens is 2. The normalized spacial score (nSPS) is 16.4. The van der Waals surface area contributed by atoms with Gasteiger partial charge in [0, 0.05) is 19.3 Å². The van der Waals surface area contributed by atoms with Crippen molar-refractivity contribution in [1.29, 1.82) is 0 Å². The fourth-order valence-corrected chi connectivity index (χ4v) is 2.14. The molecule has 0 unspecified atom stereocenters. The van der Waals surface area contributed by atoms with Crippen molar-refractivity contribution in [1.82, 2.24) is 15.1 Å². The van der Waals surface area contributed by atoms with Crippen LogP contribution in [0.5, 0.6) is 0 Å². The van der Waals surface area contributed by atoms with E-state index in [1.807, 2.05) is 13.8 Å². The summed E-state index contributed by atoms with van der Waals surface area (Å²) in [5, 5.41) is 17.5. The first-order valence-corrected chi connectivity index (χ1v) is 6.61. The average Bonchev–Trinajstić information content (AvgIpc) is 2.85. The Kier molecular flexibility index (Phi) is 4.33. The van der Waals surface area contributed by atoms with Crippen LogP contribution in [0.2, 0.25) is 0 Å².